The minimum absolute atomic E-state index is 0.0926. The maximum absolute atomic E-state index is 14.0. The maximum atomic E-state index is 14.0. The Morgan fingerprint density at radius 1 is 1.03 bits per heavy atom. The third-order valence-corrected chi connectivity index (χ3v) is 6.80. The number of aromatic amines is 1. The lowest BCUT2D eigenvalue weighted by atomic mass is 9.79. The molecule has 6 nitrogen and oxygen atoms in total. The van der Waals surface area contributed by atoms with E-state index >= 15 is 0 Å². The van der Waals surface area contributed by atoms with Gasteiger partial charge in [-0.15, -0.1) is 0 Å². The van der Waals surface area contributed by atoms with Crippen LogP contribution >= 0.6 is 0 Å². The largest absolute Gasteiger partial charge is 0.383 e. The van der Waals surface area contributed by atoms with Crippen molar-refractivity contribution in [1.82, 2.24) is 9.88 Å². The van der Waals surface area contributed by atoms with Gasteiger partial charge in [0.1, 0.15) is 0 Å². The number of anilines is 1. The summed E-state index contributed by atoms with van der Waals surface area (Å²) in [4.78, 5) is 32.8. The molecular formula is C29H29N3O3. The number of hydrogen-bond acceptors (Lipinski definition) is 3. The SMILES string of the molecule is CCc1cccc(NC(=O)[C@@H]2c3ccccc3C(=O)N(CCOC)[C@H]2c2c[nH]c3ccccc23)c1. The molecule has 1 aliphatic rings. The lowest BCUT2D eigenvalue weighted by molar-refractivity contribution is -0.119. The summed E-state index contributed by atoms with van der Waals surface area (Å²) in [5.74, 6) is -0.828. The quantitative estimate of drug-likeness (QED) is 0.388. The summed E-state index contributed by atoms with van der Waals surface area (Å²) >= 11 is 0. The molecule has 0 radical (unpaired) electrons. The molecule has 1 aromatic heterocycles. The van der Waals surface area contributed by atoms with E-state index in [-0.39, 0.29) is 11.8 Å². The number of ether oxygens (including phenoxy) is 1. The van der Waals surface area contributed by atoms with Gasteiger partial charge in [-0.3, -0.25) is 9.59 Å². The molecule has 6 heteroatoms. The van der Waals surface area contributed by atoms with Crippen LogP contribution in [0.1, 0.15) is 45.9 Å². The number of carbonyl (C=O) groups excluding carboxylic acids is 2. The maximum Gasteiger partial charge on any atom is 0.254 e. The first-order chi connectivity index (χ1) is 17.1. The van der Waals surface area contributed by atoms with Crippen LogP contribution in [0.2, 0.25) is 0 Å². The summed E-state index contributed by atoms with van der Waals surface area (Å²) in [6.07, 6.45) is 2.81. The zero-order chi connectivity index (χ0) is 24.4. The van der Waals surface area contributed by atoms with Crippen LogP contribution in [0.25, 0.3) is 10.9 Å². The number of methoxy groups -OCH3 is 1. The Bertz CT molecular complexity index is 1380. The fourth-order valence-corrected chi connectivity index (χ4v) is 5.08. The highest BCUT2D eigenvalue weighted by molar-refractivity contribution is 6.05. The van der Waals surface area contributed by atoms with E-state index in [0.29, 0.717) is 18.7 Å². The number of hydrogen-bond donors (Lipinski definition) is 2. The number of para-hydroxylation sites is 1. The van der Waals surface area contributed by atoms with Crippen LogP contribution in [0.4, 0.5) is 5.69 Å². The lowest BCUT2D eigenvalue weighted by Gasteiger charge is -2.41. The van der Waals surface area contributed by atoms with Crippen molar-refractivity contribution in [2.24, 2.45) is 0 Å². The summed E-state index contributed by atoms with van der Waals surface area (Å²) < 4.78 is 5.35. The van der Waals surface area contributed by atoms with E-state index in [0.717, 1.165) is 39.7 Å². The molecule has 178 valence electrons. The minimum atomic E-state index is -0.592. The Kier molecular flexibility index (Phi) is 6.38. The molecule has 2 atom stereocenters. The van der Waals surface area contributed by atoms with Crippen LogP contribution in [0.5, 0.6) is 0 Å². The molecule has 0 saturated carbocycles. The summed E-state index contributed by atoms with van der Waals surface area (Å²) in [6, 6.07) is 22.8. The number of carbonyl (C=O) groups is 2. The zero-order valence-electron chi connectivity index (χ0n) is 20.0. The molecule has 35 heavy (non-hydrogen) atoms. The number of fused-ring (bicyclic) bond motifs is 2. The molecule has 2 amide bonds. The number of nitrogens with one attached hydrogen (secondary N) is 2. The number of rotatable bonds is 7. The fraction of sp³-hybridized carbons (Fsp3) is 0.241. The molecule has 1 aliphatic heterocycles. The van der Waals surface area contributed by atoms with E-state index < -0.39 is 12.0 Å². The first kappa shape index (κ1) is 22.9. The van der Waals surface area contributed by atoms with Crippen LogP contribution < -0.4 is 5.32 Å². The predicted molar refractivity (Wildman–Crippen MR) is 138 cm³/mol. The van der Waals surface area contributed by atoms with E-state index in [1.807, 2.05) is 72.9 Å². The number of aromatic nitrogens is 1. The van der Waals surface area contributed by atoms with Crippen LogP contribution in [0.15, 0.2) is 79.0 Å². The van der Waals surface area contributed by atoms with Crippen molar-refractivity contribution in [1.29, 1.82) is 0 Å². The standard InChI is InChI=1S/C29H29N3O3/c1-3-19-9-8-10-20(17-19)31-28(33)26-22-12-4-5-13-23(22)29(34)32(15-16-35-2)27(26)24-18-30-25-14-7-6-11-21(24)25/h4-14,17-18,26-27,30H,3,15-16H2,1-2H3,(H,31,33)/t26-,27+/m1/s1. The van der Waals surface area contributed by atoms with Gasteiger partial charge in [0, 0.05) is 47.6 Å². The first-order valence-electron chi connectivity index (χ1n) is 12.0. The number of H-pyrrole nitrogens is 1. The van der Waals surface area contributed by atoms with E-state index in [9.17, 15) is 9.59 Å². The Morgan fingerprint density at radius 2 is 1.83 bits per heavy atom. The Morgan fingerprint density at radius 3 is 2.66 bits per heavy atom. The third kappa shape index (κ3) is 4.21. The van der Waals surface area contributed by atoms with E-state index in [4.69, 9.17) is 4.74 Å². The molecule has 4 aromatic rings. The van der Waals surface area contributed by atoms with Crippen LogP contribution in [-0.2, 0) is 16.0 Å². The average Bonchev–Trinajstić information content (AvgIpc) is 3.32. The Balaban J connectivity index is 1.65. The summed E-state index contributed by atoms with van der Waals surface area (Å²) in [5, 5.41) is 4.14. The monoisotopic (exact) mass is 467 g/mol. The van der Waals surface area contributed by atoms with E-state index in [1.54, 1.807) is 18.1 Å². The van der Waals surface area contributed by atoms with Gasteiger partial charge in [-0.25, -0.2) is 0 Å². The third-order valence-electron chi connectivity index (χ3n) is 6.80. The molecular weight excluding hydrogens is 438 g/mol. The van der Waals surface area contributed by atoms with Gasteiger partial charge in [-0.05, 0) is 41.8 Å². The van der Waals surface area contributed by atoms with Crippen molar-refractivity contribution in [2.45, 2.75) is 25.3 Å². The second-order valence-electron chi connectivity index (χ2n) is 8.83. The van der Waals surface area contributed by atoms with Gasteiger partial charge >= 0.3 is 0 Å². The zero-order valence-corrected chi connectivity index (χ0v) is 20.0. The molecule has 0 aliphatic carbocycles. The smallest absolute Gasteiger partial charge is 0.254 e. The Labute approximate surface area is 204 Å². The van der Waals surface area contributed by atoms with Gasteiger partial charge in [-0.1, -0.05) is 55.5 Å². The van der Waals surface area contributed by atoms with E-state index in [1.165, 1.54) is 0 Å². The second kappa shape index (κ2) is 9.76. The van der Waals surface area contributed by atoms with Crippen LogP contribution in [-0.4, -0.2) is 42.0 Å². The molecule has 2 N–H and O–H groups in total. The number of nitrogens with zero attached hydrogens (tertiary/aromatic N) is 1. The van der Waals surface area contributed by atoms with Crippen LogP contribution in [0, 0.1) is 0 Å². The molecule has 3 aromatic carbocycles. The second-order valence-corrected chi connectivity index (χ2v) is 8.83. The number of benzene rings is 3. The van der Waals surface area contributed by atoms with Gasteiger partial charge in [0.2, 0.25) is 5.91 Å². The molecule has 0 unspecified atom stereocenters. The molecule has 0 bridgehead atoms. The van der Waals surface area contributed by atoms with Gasteiger partial charge < -0.3 is 19.9 Å². The van der Waals surface area contributed by atoms with Crippen LogP contribution in [0.3, 0.4) is 0 Å². The minimum Gasteiger partial charge on any atom is -0.383 e. The van der Waals surface area contributed by atoms with Gasteiger partial charge in [0.15, 0.2) is 0 Å². The van der Waals surface area contributed by atoms with Crippen molar-refractivity contribution in [3.8, 4) is 0 Å². The van der Waals surface area contributed by atoms with Crippen molar-refractivity contribution in [3.05, 3.63) is 101 Å². The molecule has 2 heterocycles. The first-order valence-corrected chi connectivity index (χ1v) is 12.0. The fourth-order valence-electron chi connectivity index (χ4n) is 5.08. The van der Waals surface area contributed by atoms with E-state index in [2.05, 4.69) is 17.2 Å². The van der Waals surface area contributed by atoms with Gasteiger partial charge in [-0.2, -0.15) is 0 Å². The number of amides is 2. The topological polar surface area (TPSA) is 74.4 Å². The summed E-state index contributed by atoms with van der Waals surface area (Å²) in [5.41, 5.74) is 5.09. The predicted octanol–water partition coefficient (Wildman–Crippen LogP) is 5.30. The highest BCUT2D eigenvalue weighted by atomic mass is 16.5. The normalized spacial score (nSPS) is 17.4. The molecule has 0 fully saturated rings. The summed E-state index contributed by atoms with van der Waals surface area (Å²) in [6.45, 7) is 2.84. The van der Waals surface area contributed by atoms with Gasteiger partial charge in [0.05, 0.1) is 18.6 Å². The highest BCUT2D eigenvalue weighted by Crippen LogP contribution is 2.45. The van der Waals surface area contributed by atoms with Crippen molar-refractivity contribution >= 4 is 28.4 Å². The molecule has 0 saturated heterocycles. The highest BCUT2D eigenvalue weighted by Gasteiger charge is 2.44. The lowest BCUT2D eigenvalue weighted by Crippen LogP contribution is -2.47. The molecule has 0 spiro atoms. The average molecular weight is 468 g/mol. The molecule has 5 rings (SSSR count). The number of aryl methyl sites for hydroxylation is 1. The Hall–Kier alpha value is -3.90. The summed E-state index contributed by atoms with van der Waals surface area (Å²) in [7, 11) is 1.62. The van der Waals surface area contributed by atoms with Gasteiger partial charge in [0.25, 0.3) is 5.91 Å². The van der Waals surface area contributed by atoms with Crippen molar-refractivity contribution < 1.29 is 14.3 Å². The van der Waals surface area contributed by atoms with Crippen molar-refractivity contribution in [3.63, 3.8) is 0 Å². The van der Waals surface area contributed by atoms with Crippen molar-refractivity contribution in [2.75, 3.05) is 25.6 Å².